The number of rotatable bonds is 9. The first-order valence-electron chi connectivity index (χ1n) is 9.50. The molecule has 12 heteroatoms. The summed E-state index contributed by atoms with van der Waals surface area (Å²) < 4.78 is 40.3. The number of methoxy groups -OCH3 is 1. The molecule has 170 valence electrons. The Bertz CT molecular complexity index is 1100. The quantitative estimate of drug-likeness (QED) is 0.453. The van der Waals surface area contributed by atoms with Crippen molar-refractivity contribution < 1.29 is 28.2 Å². The molecule has 10 nitrogen and oxygen atoms in total. The summed E-state index contributed by atoms with van der Waals surface area (Å²) in [5, 5.41) is 18.3. The minimum absolute atomic E-state index is 0.0712. The van der Waals surface area contributed by atoms with E-state index in [2.05, 4.69) is 25.7 Å². The fourth-order valence-electron chi connectivity index (χ4n) is 2.81. The van der Waals surface area contributed by atoms with Crippen LogP contribution in [-0.4, -0.2) is 51.0 Å². The maximum Gasteiger partial charge on any atom is 0.269 e. The van der Waals surface area contributed by atoms with E-state index in [1.807, 2.05) is 0 Å². The predicted molar refractivity (Wildman–Crippen MR) is 110 cm³/mol. The van der Waals surface area contributed by atoms with Gasteiger partial charge in [0.15, 0.2) is 23.1 Å². The molecule has 0 unspecified atom stereocenters. The van der Waals surface area contributed by atoms with Gasteiger partial charge >= 0.3 is 0 Å². The number of aliphatic hydroxyl groups excluding tert-OH is 1. The molecule has 2 aromatic heterocycles. The second kappa shape index (κ2) is 10.0. The lowest BCUT2D eigenvalue weighted by atomic mass is 10.1. The third-order valence-corrected chi connectivity index (χ3v) is 4.42. The summed E-state index contributed by atoms with van der Waals surface area (Å²) in [6, 6.07) is 2.77. The van der Waals surface area contributed by atoms with E-state index in [0.29, 0.717) is 5.82 Å². The van der Waals surface area contributed by atoms with Crippen molar-refractivity contribution in [1.29, 1.82) is 0 Å². The Labute approximate surface area is 182 Å². The molecule has 0 spiro atoms. The lowest BCUT2D eigenvalue weighted by molar-refractivity contribution is 0.0935. The van der Waals surface area contributed by atoms with Gasteiger partial charge in [0.05, 0.1) is 31.7 Å². The second-order valence-electron chi connectivity index (χ2n) is 6.68. The van der Waals surface area contributed by atoms with Gasteiger partial charge in [-0.3, -0.25) is 9.48 Å². The zero-order valence-electron chi connectivity index (χ0n) is 17.6. The number of anilines is 2. The highest BCUT2D eigenvalue weighted by Gasteiger charge is 2.18. The molecule has 0 bridgehead atoms. The molecule has 3 aromatic rings. The van der Waals surface area contributed by atoms with E-state index in [1.165, 1.54) is 43.2 Å². The molecule has 0 aliphatic carbocycles. The van der Waals surface area contributed by atoms with Gasteiger partial charge in [0, 0.05) is 19.7 Å². The highest BCUT2D eigenvalue weighted by molar-refractivity contribution is 5.93. The van der Waals surface area contributed by atoms with Crippen molar-refractivity contribution in [2.45, 2.75) is 13.5 Å². The van der Waals surface area contributed by atoms with E-state index < -0.39 is 11.6 Å². The van der Waals surface area contributed by atoms with Crippen LogP contribution >= 0.6 is 0 Å². The summed E-state index contributed by atoms with van der Waals surface area (Å²) in [5.41, 5.74) is 0.250. The number of aryl methyl sites for hydroxylation is 2. The molecular weight excluding hydrogens is 426 g/mol. The maximum atomic E-state index is 14.3. The Kier molecular flexibility index (Phi) is 7.15. The third-order valence-electron chi connectivity index (χ3n) is 4.42. The lowest BCUT2D eigenvalue weighted by Crippen LogP contribution is -2.28. The predicted octanol–water partition coefficient (Wildman–Crippen LogP) is 1.85. The van der Waals surface area contributed by atoms with Crippen LogP contribution < -0.4 is 20.1 Å². The molecule has 32 heavy (non-hydrogen) atoms. The van der Waals surface area contributed by atoms with Crippen LogP contribution in [-0.2, 0) is 13.7 Å². The average molecular weight is 448 g/mol. The van der Waals surface area contributed by atoms with Gasteiger partial charge in [-0.25, -0.2) is 18.7 Å². The topological polar surface area (TPSA) is 123 Å². The van der Waals surface area contributed by atoms with Crippen molar-refractivity contribution in [3.8, 4) is 11.5 Å². The first kappa shape index (κ1) is 22.9. The number of nitrogens with zero attached hydrogens (tertiary/aromatic N) is 4. The highest BCUT2D eigenvalue weighted by Crippen LogP contribution is 2.27. The van der Waals surface area contributed by atoms with Crippen LogP contribution in [0.5, 0.6) is 11.5 Å². The summed E-state index contributed by atoms with van der Waals surface area (Å²) in [6.45, 7) is 1.08. The summed E-state index contributed by atoms with van der Waals surface area (Å²) in [5.74, 6) is -1.31. The highest BCUT2D eigenvalue weighted by atomic mass is 19.1. The fraction of sp³-hybridized carbons (Fsp3) is 0.300. The number of ether oxygens (including phenoxy) is 2. The molecular formula is C20H22F2N6O4. The molecule has 1 amide bonds. The van der Waals surface area contributed by atoms with Gasteiger partial charge in [-0.1, -0.05) is 0 Å². The number of halogens is 2. The normalized spacial score (nSPS) is 10.7. The summed E-state index contributed by atoms with van der Waals surface area (Å²) >= 11 is 0. The smallest absolute Gasteiger partial charge is 0.269 e. The van der Waals surface area contributed by atoms with Crippen molar-refractivity contribution in [3.05, 3.63) is 53.0 Å². The van der Waals surface area contributed by atoms with Crippen molar-refractivity contribution >= 4 is 17.7 Å². The Morgan fingerprint density at radius 1 is 1.22 bits per heavy atom. The molecule has 0 aliphatic heterocycles. The Hall–Kier alpha value is -3.80. The van der Waals surface area contributed by atoms with Gasteiger partial charge in [0.2, 0.25) is 5.95 Å². The van der Waals surface area contributed by atoms with Crippen LogP contribution in [0.25, 0.3) is 0 Å². The Morgan fingerprint density at radius 3 is 2.59 bits per heavy atom. The van der Waals surface area contributed by atoms with Gasteiger partial charge in [0.1, 0.15) is 18.1 Å². The number of aromatic nitrogens is 4. The van der Waals surface area contributed by atoms with Gasteiger partial charge in [-0.2, -0.15) is 5.10 Å². The minimum Gasteiger partial charge on any atom is -0.494 e. The standard InChI is InChI=1S/C20H22F2N6O4/c1-11-6-15(31-3)18(22)13(17(11)21)10-32-12-8-24-20(25-9-12)26-16-7-14(28(2)27-16)19(30)23-4-5-29/h6-9,29H,4-5,10H2,1-3H3,(H,23,30)(H,24,25,26,27). The zero-order chi connectivity index (χ0) is 23.3. The Balaban J connectivity index is 1.66. The first-order valence-corrected chi connectivity index (χ1v) is 9.50. The van der Waals surface area contributed by atoms with Crippen molar-refractivity contribution in [3.63, 3.8) is 0 Å². The maximum absolute atomic E-state index is 14.3. The van der Waals surface area contributed by atoms with E-state index in [0.717, 1.165) is 0 Å². The molecule has 1 aromatic carbocycles. The molecule has 3 rings (SSSR count). The summed E-state index contributed by atoms with van der Waals surface area (Å²) in [7, 11) is 2.89. The minimum atomic E-state index is -0.830. The van der Waals surface area contributed by atoms with Crippen molar-refractivity contribution in [1.82, 2.24) is 25.1 Å². The lowest BCUT2D eigenvalue weighted by Gasteiger charge is -2.12. The average Bonchev–Trinajstić information content (AvgIpc) is 3.15. The van der Waals surface area contributed by atoms with Crippen molar-refractivity contribution in [2.24, 2.45) is 7.05 Å². The fourth-order valence-corrected chi connectivity index (χ4v) is 2.81. The number of aliphatic hydroxyl groups is 1. The molecule has 2 heterocycles. The molecule has 0 aliphatic rings. The molecule has 0 radical (unpaired) electrons. The van der Waals surface area contributed by atoms with Crippen LogP contribution in [0, 0.1) is 18.6 Å². The van der Waals surface area contributed by atoms with Crippen molar-refractivity contribution in [2.75, 3.05) is 25.6 Å². The largest absolute Gasteiger partial charge is 0.494 e. The van der Waals surface area contributed by atoms with E-state index in [4.69, 9.17) is 14.6 Å². The van der Waals surface area contributed by atoms with Crippen LogP contribution in [0.4, 0.5) is 20.5 Å². The van der Waals surface area contributed by atoms with E-state index in [9.17, 15) is 13.6 Å². The molecule has 0 saturated carbocycles. The number of benzene rings is 1. The van der Waals surface area contributed by atoms with Crippen LogP contribution in [0.1, 0.15) is 21.6 Å². The van der Waals surface area contributed by atoms with Crippen LogP contribution in [0.15, 0.2) is 24.5 Å². The summed E-state index contributed by atoms with van der Waals surface area (Å²) in [4.78, 5) is 20.2. The van der Waals surface area contributed by atoms with Gasteiger partial charge in [0.25, 0.3) is 5.91 Å². The zero-order valence-corrected chi connectivity index (χ0v) is 17.6. The number of amides is 1. The number of nitrogens with one attached hydrogen (secondary N) is 2. The number of hydrogen-bond donors (Lipinski definition) is 3. The Morgan fingerprint density at radius 2 is 1.94 bits per heavy atom. The molecule has 0 fully saturated rings. The first-order chi connectivity index (χ1) is 15.3. The monoisotopic (exact) mass is 448 g/mol. The molecule has 0 saturated heterocycles. The molecule has 0 atom stereocenters. The number of hydrogen-bond acceptors (Lipinski definition) is 8. The molecule has 3 N–H and O–H groups in total. The third kappa shape index (κ3) is 5.09. The summed E-state index contributed by atoms with van der Waals surface area (Å²) in [6.07, 6.45) is 2.66. The number of carbonyl (C=O) groups is 1. The van der Waals surface area contributed by atoms with Crippen LogP contribution in [0.2, 0.25) is 0 Å². The SMILES string of the molecule is COc1cc(C)c(F)c(COc2cnc(Nc3cc(C(=O)NCCO)n(C)n3)nc2)c1F. The van der Waals surface area contributed by atoms with Gasteiger partial charge < -0.3 is 25.2 Å². The number of carbonyl (C=O) groups excluding carboxylic acids is 1. The van der Waals surface area contributed by atoms with Gasteiger partial charge in [-0.05, 0) is 18.6 Å². The van der Waals surface area contributed by atoms with E-state index >= 15 is 0 Å². The van der Waals surface area contributed by atoms with Gasteiger partial charge in [-0.15, -0.1) is 0 Å². The second-order valence-corrected chi connectivity index (χ2v) is 6.68. The van der Waals surface area contributed by atoms with E-state index in [-0.39, 0.29) is 59.9 Å². The van der Waals surface area contributed by atoms with E-state index in [1.54, 1.807) is 7.05 Å². The van der Waals surface area contributed by atoms with Crippen LogP contribution in [0.3, 0.4) is 0 Å².